The third kappa shape index (κ3) is 4.07. The molecule has 8 nitrogen and oxygen atoms in total. The smallest absolute Gasteiger partial charge is 0.344 e. The molecule has 2 heterocycles. The molecule has 1 aliphatic heterocycles. The van der Waals surface area contributed by atoms with Gasteiger partial charge in [-0.2, -0.15) is 0 Å². The Kier molecular flexibility index (Phi) is 5.72. The van der Waals surface area contributed by atoms with Crippen LogP contribution < -0.4 is 9.93 Å². The molecule has 1 aliphatic rings. The summed E-state index contributed by atoms with van der Waals surface area (Å²) >= 11 is 0. The molecule has 36 heavy (non-hydrogen) atoms. The summed E-state index contributed by atoms with van der Waals surface area (Å²) in [6, 6.07) is 20.2. The second kappa shape index (κ2) is 8.76. The molecule has 5 rings (SSSR count). The summed E-state index contributed by atoms with van der Waals surface area (Å²) in [6.07, 6.45) is 0. The highest BCUT2D eigenvalue weighted by Crippen LogP contribution is 2.27. The summed E-state index contributed by atoms with van der Waals surface area (Å²) in [7, 11) is -2.48. The molecule has 0 fully saturated rings. The van der Waals surface area contributed by atoms with E-state index in [2.05, 4.69) is 0 Å². The summed E-state index contributed by atoms with van der Waals surface area (Å²) in [6.45, 7) is 1.68. The van der Waals surface area contributed by atoms with Crippen molar-refractivity contribution in [1.82, 2.24) is 4.90 Å². The third-order valence-corrected chi connectivity index (χ3v) is 8.05. The Morgan fingerprint density at radius 1 is 0.833 bits per heavy atom. The van der Waals surface area contributed by atoms with E-state index < -0.39 is 33.2 Å². The Labute approximate surface area is 207 Å². The molecule has 0 bridgehead atoms. The first kappa shape index (κ1) is 23.5. The molecule has 0 N–H and O–H groups in total. The normalized spacial score (nSPS) is 13.3. The van der Waals surface area contributed by atoms with Crippen molar-refractivity contribution >= 4 is 38.5 Å². The van der Waals surface area contributed by atoms with Gasteiger partial charge in [0.2, 0.25) is 10.0 Å². The summed E-state index contributed by atoms with van der Waals surface area (Å²) in [4.78, 5) is 38.6. The van der Waals surface area contributed by atoms with Crippen molar-refractivity contribution in [3.63, 3.8) is 0 Å². The molecule has 182 valence electrons. The maximum absolute atomic E-state index is 13.1. The standard InChI is InChI=1S/C27H22N2O6S/c1-17-7-9-18(10-8-17)23-16-19-15-20(11-12-24(19)35-27(23)32)28(2)36(33,34)14-13-29-25(30)21-5-3-4-6-22(21)26(29)31/h3-12,15-16H,13-14H2,1-2H3. The predicted octanol–water partition coefficient (Wildman–Crippen LogP) is 3.83. The number of hydrogen-bond acceptors (Lipinski definition) is 6. The molecule has 0 saturated carbocycles. The van der Waals surface area contributed by atoms with E-state index in [0.29, 0.717) is 27.8 Å². The minimum Gasteiger partial charge on any atom is -0.422 e. The fourth-order valence-corrected chi connectivity index (χ4v) is 5.31. The van der Waals surface area contributed by atoms with Crippen LogP contribution in [0, 0.1) is 6.92 Å². The Morgan fingerprint density at radius 3 is 2.11 bits per heavy atom. The highest BCUT2D eigenvalue weighted by atomic mass is 32.2. The fourth-order valence-electron chi connectivity index (χ4n) is 4.19. The van der Waals surface area contributed by atoms with E-state index in [0.717, 1.165) is 14.8 Å². The van der Waals surface area contributed by atoms with Gasteiger partial charge in [-0.05, 0) is 48.9 Å². The number of rotatable bonds is 6. The number of amides is 2. The molecule has 4 aromatic rings. The molecule has 2 amide bonds. The first-order valence-corrected chi connectivity index (χ1v) is 12.8. The number of benzene rings is 3. The Balaban J connectivity index is 1.39. The number of carbonyl (C=O) groups is 2. The maximum atomic E-state index is 13.1. The topological polar surface area (TPSA) is 105 Å². The number of fused-ring (bicyclic) bond motifs is 2. The van der Waals surface area contributed by atoms with Crippen molar-refractivity contribution in [2.24, 2.45) is 0 Å². The SMILES string of the molecule is Cc1ccc(-c2cc3cc(N(C)S(=O)(=O)CCN4C(=O)c5ccccc5C4=O)ccc3oc2=O)cc1. The number of anilines is 1. The molecular weight excluding hydrogens is 480 g/mol. The van der Waals surface area contributed by atoms with E-state index in [1.54, 1.807) is 42.5 Å². The molecule has 0 spiro atoms. The molecule has 0 atom stereocenters. The van der Waals surface area contributed by atoms with E-state index >= 15 is 0 Å². The molecule has 0 radical (unpaired) electrons. The lowest BCUT2D eigenvalue weighted by Crippen LogP contribution is -2.38. The van der Waals surface area contributed by atoms with Crippen LogP contribution in [0.1, 0.15) is 26.3 Å². The molecular formula is C27H22N2O6S. The van der Waals surface area contributed by atoms with Gasteiger partial charge >= 0.3 is 5.63 Å². The van der Waals surface area contributed by atoms with E-state index in [4.69, 9.17) is 4.42 Å². The van der Waals surface area contributed by atoms with Crippen molar-refractivity contribution in [1.29, 1.82) is 0 Å². The summed E-state index contributed by atoms with van der Waals surface area (Å²) in [5.41, 5.74) is 2.87. The van der Waals surface area contributed by atoms with Crippen LogP contribution in [0.25, 0.3) is 22.1 Å². The van der Waals surface area contributed by atoms with Crippen molar-refractivity contribution in [3.05, 3.63) is 99.9 Å². The summed E-state index contributed by atoms with van der Waals surface area (Å²) in [5.74, 6) is -1.44. The number of sulfonamides is 1. The van der Waals surface area contributed by atoms with Gasteiger partial charge in [-0.15, -0.1) is 0 Å². The van der Waals surface area contributed by atoms with Gasteiger partial charge in [0.1, 0.15) is 5.58 Å². The van der Waals surface area contributed by atoms with E-state index in [1.165, 1.54) is 13.1 Å². The number of imide groups is 1. The van der Waals surface area contributed by atoms with Crippen LogP contribution in [-0.2, 0) is 10.0 Å². The van der Waals surface area contributed by atoms with Gasteiger partial charge in [0, 0.05) is 19.0 Å². The van der Waals surface area contributed by atoms with Gasteiger partial charge in [-0.1, -0.05) is 42.0 Å². The van der Waals surface area contributed by atoms with Gasteiger partial charge in [-0.25, -0.2) is 13.2 Å². The first-order chi connectivity index (χ1) is 17.2. The average Bonchev–Trinajstić information content (AvgIpc) is 3.11. The molecule has 0 saturated heterocycles. The van der Waals surface area contributed by atoms with Crippen LogP contribution >= 0.6 is 0 Å². The lowest BCUT2D eigenvalue weighted by Gasteiger charge is -2.21. The van der Waals surface area contributed by atoms with Crippen LogP contribution in [0.5, 0.6) is 0 Å². The molecule has 0 aliphatic carbocycles. The maximum Gasteiger partial charge on any atom is 0.344 e. The lowest BCUT2D eigenvalue weighted by atomic mass is 10.0. The van der Waals surface area contributed by atoms with Gasteiger partial charge in [-0.3, -0.25) is 18.8 Å². The minimum absolute atomic E-state index is 0.265. The Bertz CT molecular complexity index is 1650. The zero-order valence-corrected chi connectivity index (χ0v) is 20.4. The van der Waals surface area contributed by atoms with Crippen LogP contribution in [0.4, 0.5) is 5.69 Å². The average molecular weight is 503 g/mol. The fraction of sp³-hybridized carbons (Fsp3) is 0.148. The van der Waals surface area contributed by atoms with Crippen molar-refractivity contribution in [2.75, 3.05) is 23.7 Å². The number of nitrogens with zero attached hydrogens (tertiary/aromatic N) is 2. The van der Waals surface area contributed by atoms with Gasteiger partial charge < -0.3 is 4.42 Å². The number of hydrogen-bond donors (Lipinski definition) is 0. The Morgan fingerprint density at radius 2 is 1.47 bits per heavy atom. The second-order valence-corrected chi connectivity index (χ2v) is 10.7. The lowest BCUT2D eigenvalue weighted by molar-refractivity contribution is 0.0664. The second-order valence-electron chi connectivity index (χ2n) is 8.63. The van der Waals surface area contributed by atoms with Gasteiger partial charge in [0.15, 0.2) is 0 Å². The van der Waals surface area contributed by atoms with Crippen LogP contribution in [0.15, 0.2) is 82.0 Å². The summed E-state index contributed by atoms with van der Waals surface area (Å²) in [5, 5.41) is 0.560. The van der Waals surface area contributed by atoms with Gasteiger partial charge in [0.05, 0.1) is 28.1 Å². The monoisotopic (exact) mass is 502 g/mol. The molecule has 1 aromatic heterocycles. The highest BCUT2D eigenvalue weighted by Gasteiger charge is 2.36. The zero-order chi connectivity index (χ0) is 25.6. The van der Waals surface area contributed by atoms with Gasteiger partial charge in [0.25, 0.3) is 11.8 Å². The quantitative estimate of drug-likeness (QED) is 0.293. The molecule has 0 unspecified atom stereocenters. The van der Waals surface area contributed by atoms with Crippen LogP contribution in [0.2, 0.25) is 0 Å². The van der Waals surface area contributed by atoms with Crippen LogP contribution in [-0.4, -0.2) is 44.5 Å². The first-order valence-electron chi connectivity index (χ1n) is 11.2. The Hall–Kier alpha value is -4.24. The number of aryl methyl sites for hydroxylation is 1. The predicted molar refractivity (Wildman–Crippen MR) is 137 cm³/mol. The van der Waals surface area contributed by atoms with E-state index in [-0.39, 0.29) is 17.7 Å². The summed E-state index contributed by atoms with van der Waals surface area (Å²) < 4.78 is 32.7. The molecule has 3 aromatic carbocycles. The largest absolute Gasteiger partial charge is 0.422 e. The van der Waals surface area contributed by atoms with Crippen molar-refractivity contribution < 1.29 is 22.4 Å². The van der Waals surface area contributed by atoms with Crippen molar-refractivity contribution in [2.45, 2.75) is 6.92 Å². The highest BCUT2D eigenvalue weighted by molar-refractivity contribution is 7.92. The zero-order valence-electron chi connectivity index (χ0n) is 19.6. The minimum atomic E-state index is -3.88. The van der Waals surface area contributed by atoms with Crippen molar-refractivity contribution in [3.8, 4) is 11.1 Å². The van der Waals surface area contributed by atoms with E-state index in [9.17, 15) is 22.8 Å². The van der Waals surface area contributed by atoms with Crippen LogP contribution in [0.3, 0.4) is 0 Å². The van der Waals surface area contributed by atoms with E-state index in [1.807, 2.05) is 31.2 Å². The third-order valence-electron chi connectivity index (χ3n) is 6.31. The molecule has 9 heteroatoms. The number of carbonyl (C=O) groups excluding carboxylic acids is 2.